The number of benzene rings is 1. The Morgan fingerprint density at radius 3 is 2.29 bits per heavy atom. The van der Waals surface area contributed by atoms with Gasteiger partial charge in [-0.2, -0.15) is 0 Å². The number of nitrogens with zero attached hydrogens (tertiary/aromatic N) is 1. The number of carbonyl (C=O) groups excluding carboxylic acids is 1. The van der Waals surface area contributed by atoms with Crippen molar-refractivity contribution in [3.63, 3.8) is 0 Å². The van der Waals surface area contributed by atoms with Crippen molar-refractivity contribution in [1.29, 1.82) is 0 Å². The monoisotopic (exact) mass is 642 g/mol. The van der Waals surface area contributed by atoms with Crippen molar-refractivity contribution in [2.24, 2.45) is 0 Å². The first-order valence-corrected chi connectivity index (χ1v) is 15.8. The van der Waals surface area contributed by atoms with Crippen LogP contribution in [0.2, 0.25) is 0 Å². The van der Waals surface area contributed by atoms with Gasteiger partial charge in [0, 0.05) is 18.0 Å². The Labute approximate surface area is 230 Å². The molecule has 3 rings (SSSR count). The normalized spacial score (nSPS) is 25.0. The fourth-order valence-corrected chi connectivity index (χ4v) is 6.76. The van der Waals surface area contributed by atoms with E-state index < -0.39 is 78.6 Å². The highest BCUT2D eigenvalue weighted by atomic mass is 31.3. The van der Waals surface area contributed by atoms with E-state index in [1.165, 1.54) is 19.1 Å². The summed E-state index contributed by atoms with van der Waals surface area (Å²) in [4.78, 5) is 73.5. The van der Waals surface area contributed by atoms with E-state index in [9.17, 15) is 47.9 Å². The van der Waals surface area contributed by atoms with E-state index in [1.807, 2.05) is 4.98 Å². The van der Waals surface area contributed by atoms with Gasteiger partial charge in [0.15, 0.2) is 12.3 Å². The van der Waals surface area contributed by atoms with E-state index in [0.29, 0.717) is 5.69 Å². The van der Waals surface area contributed by atoms with Crippen LogP contribution in [-0.2, 0) is 40.8 Å². The molecule has 7 atom stereocenters. The van der Waals surface area contributed by atoms with Gasteiger partial charge >= 0.3 is 11.8 Å². The molecule has 1 aliphatic heterocycles. The molecule has 1 aromatic carbocycles. The third-order valence-electron chi connectivity index (χ3n) is 4.95. The summed E-state index contributed by atoms with van der Waals surface area (Å²) in [5.74, 6) is 0. The standard InChI is InChI=1S/C19H26N3O16P3/c1-2-10-33-39(27,28)37-41(31,32)38-40(29,30)34-11-13-15(24)16(36-19(26)20-12-6-4-3-5-7-12)17(35-13)22-9-8-14(23)21-18(22)25/h3-9,13,15-17,24H,2,10-11H2,1H3,(H,20,26)(H,27,28)(H,29,30)(H,31,32)(H,21,23,25)/p-3/t13-,15+,16?,17-/m1/s1. The lowest BCUT2D eigenvalue weighted by atomic mass is 10.1. The molecule has 228 valence electrons. The van der Waals surface area contributed by atoms with Crippen molar-refractivity contribution in [2.45, 2.75) is 37.9 Å². The highest BCUT2D eigenvalue weighted by molar-refractivity contribution is 7.65. The molecule has 0 aliphatic carbocycles. The molecule has 0 saturated carbocycles. The predicted molar refractivity (Wildman–Crippen MR) is 129 cm³/mol. The lowest BCUT2D eigenvalue weighted by Crippen LogP contribution is -2.41. The molecule has 1 saturated heterocycles. The Kier molecular flexibility index (Phi) is 11.0. The van der Waals surface area contributed by atoms with Crippen LogP contribution in [0, 0.1) is 0 Å². The highest BCUT2D eigenvalue weighted by Gasteiger charge is 2.48. The predicted octanol–water partition coefficient (Wildman–Crippen LogP) is -0.706. The molecule has 22 heteroatoms. The summed E-state index contributed by atoms with van der Waals surface area (Å²) >= 11 is 0. The van der Waals surface area contributed by atoms with E-state index >= 15 is 0 Å². The van der Waals surface area contributed by atoms with Crippen molar-refractivity contribution in [1.82, 2.24) is 9.55 Å². The van der Waals surface area contributed by atoms with E-state index in [2.05, 4.69) is 23.0 Å². The van der Waals surface area contributed by atoms with Crippen molar-refractivity contribution >= 4 is 35.2 Å². The molecule has 1 aromatic heterocycles. The average molecular weight is 642 g/mol. The van der Waals surface area contributed by atoms with Crippen molar-refractivity contribution < 1.29 is 65.4 Å². The smallest absolute Gasteiger partial charge is 0.412 e. The maximum Gasteiger partial charge on any atom is 0.412 e. The van der Waals surface area contributed by atoms with Crippen LogP contribution in [0.4, 0.5) is 10.5 Å². The van der Waals surface area contributed by atoms with Gasteiger partial charge < -0.3 is 38.3 Å². The zero-order valence-electron chi connectivity index (χ0n) is 20.8. The molecule has 4 unspecified atom stereocenters. The number of para-hydroxylation sites is 1. The third-order valence-corrected chi connectivity index (χ3v) is 9.12. The lowest BCUT2D eigenvalue weighted by Gasteiger charge is -2.34. The van der Waals surface area contributed by atoms with E-state index in [4.69, 9.17) is 9.47 Å². The topological polar surface area (TPSA) is 280 Å². The van der Waals surface area contributed by atoms with E-state index in [0.717, 1.165) is 16.8 Å². The van der Waals surface area contributed by atoms with Gasteiger partial charge in [-0.05, 0) is 18.6 Å². The van der Waals surface area contributed by atoms with Gasteiger partial charge in [0.05, 0.1) is 13.2 Å². The number of aromatic amines is 1. The molecule has 1 aliphatic rings. The van der Waals surface area contributed by atoms with Crippen LogP contribution in [0.15, 0.2) is 52.2 Å². The average Bonchev–Trinajstić information content (AvgIpc) is 3.15. The summed E-state index contributed by atoms with van der Waals surface area (Å²) in [5.41, 5.74) is -1.55. The Hall–Kier alpha value is -2.50. The number of aliphatic hydroxyl groups is 1. The molecule has 0 bridgehead atoms. The number of phosphoric ester groups is 2. The van der Waals surface area contributed by atoms with Crippen LogP contribution in [0.25, 0.3) is 0 Å². The Balaban J connectivity index is 1.74. The summed E-state index contributed by atoms with van der Waals surface area (Å²) < 4.78 is 62.7. The number of amides is 1. The zero-order chi connectivity index (χ0) is 30.4. The van der Waals surface area contributed by atoms with Crippen molar-refractivity contribution in [2.75, 3.05) is 18.5 Å². The van der Waals surface area contributed by atoms with Gasteiger partial charge in [-0.25, -0.2) is 18.2 Å². The molecule has 2 heterocycles. The number of hydrogen-bond donors (Lipinski definition) is 3. The summed E-state index contributed by atoms with van der Waals surface area (Å²) in [6.45, 7) is -0.149. The second-order valence-corrected chi connectivity index (χ2v) is 12.6. The number of hydrogen-bond acceptors (Lipinski definition) is 16. The molecular formula is C19H23N3O16P3-3. The summed E-state index contributed by atoms with van der Waals surface area (Å²) in [6, 6.07) is 8.80. The quantitative estimate of drug-likeness (QED) is 0.228. The number of nitrogens with one attached hydrogen (secondary N) is 2. The van der Waals surface area contributed by atoms with Crippen LogP contribution < -0.4 is 31.2 Å². The number of carbonyl (C=O) groups is 1. The molecule has 41 heavy (non-hydrogen) atoms. The van der Waals surface area contributed by atoms with Gasteiger partial charge in [0.1, 0.15) is 12.2 Å². The molecule has 2 aromatic rings. The minimum atomic E-state index is -6.10. The van der Waals surface area contributed by atoms with Crippen LogP contribution in [-0.4, -0.2) is 52.3 Å². The number of rotatable bonds is 13. The summed E-state index contributed by atoms with van der Waals surface area (Å²) in [5, 5.41) is 13.1. The van der Waals surface area contributed by atoms with Gasteiger partial charge in [-0.15, -0.1) is 0 Å². The Morgan fingerprint density at radius 2 is 1.68 bits per heavy atom. The Morgan fingerprint density at radius 1 is 1.05 bits per heavy atom. The molecule has 3 N–H and O–H groups in total. The Bertz CT molecular complexity index is 1470. The first-order chi connectivity index (χ1) is 19.1. The number of aromatic nitrogens is 2. The SMILES string of the molecule is CCCOP(=O)([O-])OP(=O)([O-])OP(=O)([O-])OC[C@H]1O[C@@H](n2ccc(=O)[nH]c2=O)C(OC(=O)Nc2ccccc2)[C@H]1O. The molecule has 19 nitrogen and oxygen atoms in total. The fraction of sp³-hybridized carbons (Fsp3) is 0.421. The van der Waals surface area contributed by atoms with Gasteiger partial charge in [0.2, 0.25) is 0 Å². The molecule has 1 amide bonds. The summed E-state index contributed by atoms with van der Waals surface area (Å²) in [7, 11) is -17.5. The third kappa shape index (κ3) is 9.78. The fourth-order valence-electron chi connectivity index (χ4n) is 3.30. The number of anilines is 1. The van der Waals surface area contributed by atoms with Crippen LogP contribution in [0.3, 0.4) is 0 Å². The minimum absolute atomic E-state index is 0.150. The number of phosphoric acid groups is 3. The van der Waals surface area contributed by atoms with Crippen LogP contribution in [0.5, 0.6) is 0 Å². The lowest BCUT2D eigenvalue weighted by molar-refractivity contribution is -0.251. The second kappa shape index (κ2) is 13.6. The van der Waals surface area contributed by atoms with Crippen LogP contribution in [0.1, 0.15) is 19.6 Å². The highest BCUT2D eigenvalue weighted by Crippen LogP contribution is 2.63. The number of aliphatic hydroxyl groups excluding tert-OH is 1. The maximum absolute atomic E-state index is 12.5. The van der Waals surface area contributed by atoms with Crippen molar-refractivity contribution in [3.8, 4) is 0 Å². The van der Waals surface area contributed by atoms with Crippen LogP contribution >= 0.6 is 23.5 Å². The first kappa shape index (κ1) is 33.0. The molecule has 0 radical (unpaired) electrons. The zero-order valence-corrected chi connectivity index (χ0v) is 23.5. The van der Waals surface area contributed by atoms with Crippen molar-refractivity contribution in [3.05, 3.63) is 63.4 Å². The molecule has 0 spiro atoms. The van der Waals surface area contributed by atoms with Gasteiger partial charge in [-0.3, -0.25) is 33.4 Å². The largest absolute Gasteiger partial charge is 0.756 e. The molecule has 1 fully saturated rings. The van der Waals surface area contributed by atoms with Gasteiger partial charge in [-0.1, -0.05) is 25.1 Å². The van der Waals surface area contributed by atoms with E-state index in [-0.39, 0.29) is 6.42 Å². The minimum Gasteiger partial charge on any atom is -0.756 e. The second-order valence-electron chi connectivity index (χ2n) is 8.07. The molecular weight excluding hydrogens is 619 g/mol. The maximum atomic E-state index is 12.5. The summed E-state index contributed by atoms with van der Waals surface area (Å²) in [6.07, 6.45) is -7.00. The first-order valence-electron chi connectivity index (χ1n) is 11.4. The van der Waals surface area contributed by atoms with E-state index in [1.54, 1.807) is 18.2 Å². The van der Waals surface area contributed by atoms with Gasteiger partial charge in [0.25, 0.3) is 29.0 Å². The number of H-pyrrole nitrogens is 1. The number of ether oxygens (including phenoxy) is 2.